The van der Waals surface area contributed by atoms with Gasteiger partial charge in [-0.2, -0.15) is 5.26 Å². The number of anilines is 1. The number of aryl methyl sites for hydroxylation is 2. The maximum Gasteiger partial charge on any atom is 0.244 e. The summed E-state index contributed by atoms with van der Waals surface area (Å²) in [4.78, 5) is 16.3. The van der Waals surface area contributed by atoms with Crippen molar-refractivity contribution in [2.24, 2.45) is 12.5 Å². The number of hydrogen-bond donors (Lipinski definition) is 1. The van der Waals surface area contributed by atoms with E-state index in [9.17, 15) is 4.79 Å². The van der Waals surface area contributed by atoms with Crippen LogP contribution in [-0.4, -0.2) is 15.5 Å². The van der Waals surface area contributed by atoms with Crippen molar-refractivity contribution >= 4 is 22.6 Å². The molecule has 5 heteroatoms. The van der Waals surface area contributed by atoms with Crippen molar-refractivity contribution < 1.29 is 4.79 Å². The third-order valence-corrected chi connectivity index (χ3v) is 3.21. The van der Waals surface area contributed by atoms with Gasteiger partial charge in [0, 0.05) is 12.7 Å². The number of benzene rings is 1. The Hall–Kier alpha value is -2.35. The number of amides is 1. The molecule has 98 valence electrons. The summed E-state index contributed by atoms with van der Waals surface area (Å²) in [5.41, 5.74) is 1.44. The molecule has 1 aromatic heterocycles. The number of nitrogens with one attached hydrogen (secondary N) is 1. The van der Waals surface area contributed by atoms with Crippen molar-refractivity contribution in [2.75, 3.05) is 5.32 Å². The first kappa shape index (κ1) is 13.1. The highest BCUT2D eigenvalue weighted by Gasteiger charge is 2.27. The van der Waals surface area contributed by atoms with Gasteiger partial charge in [-0.15, -0.1) is 0 Å². The number of fused-ring (bicyclic) bond motifs is 1. The van der Waals surface area contributed by atoms with Crippen molar-refractivity contribution in [3.63, 3.8) is 0 Å². The molecule has 0 aliphatic heterocycles. The molecular formula is C14H16N4O. The van der Waals surface area contributed by atoms with E-state index in [0.717, 1.165) is 16.9 Å². The van der Waals surface area contributed by atoms with E-state index in [4.69, 9.17) is 5.26 Å². The zero-order chi connectivity index (χ0) is 14.2. The quantitative estimate of drug-likeness (QED) is 0.896. The molecule has 1 amide bonds. The maximum atomic E-state index is 11.9. The summed E-state index contributed by atoms with van der Waals surface area (Å²) in [7, 11) is 1.95. The molecule has 0 radical (unpaired) electrons. The monoisotopic (exact) mass is 256 g/mol. The molecule has 0 spiro atoms. The fraction of sp³-hybridized carbons (Fsp3) is 0.357. The van der Waals surface area contributed by atoms with Crippen LogP contribution >= 0.6 is 0 Å². The lowest BCUT2D eigenvalue weighted by molar-refractivity contribution is -0.121. The first-order valence-electron chi connectivity index (χ1n) is 6.01. The Morgan fingerprint density at radius 1 is 1.47 bits per heavy atom. The van der Waals surface area contributed by atoms with E-state index >= 15 is 0 Å². The van der Waals surface area contributed by atoms with E-state index in [2.05, 4.69) is 10.3 Å². The van der Waals surface area contributed by atoms with Crippen molar-refractivity contribution in [1.82, 2.24) is 9.55 Å². The number of hydrogen-bond acceptors (Lipinski definition) is 3. The molecule has 5 nitrogen and oxygen atoms in total. The summed E-state index contributed by atoms with van der Waals surface area (Å²) in [6.45, 7) is 5.11. The van der Waals surface area contributed by atoms with Gasteiger partial charge in [-0.25, -0.2) is 4.98 Å². The fourth-order valence-electron chi connectivity index (χ4n) is 1.74. The minimum Gasteiger partial charge on any atom is -0.331 e. The lowest BCUT2D eigenvalue weighted by Crippen LogP contribution is -2.29. The summed E-state index contributed by atoms with van der Waals surface area (Å²) in [6, 6.07) is 7.51. The zero-order valence-electron chi connectivity index (χ0n) is 11.5. The topological polar surface area (TPSA) is 70.7 Å². The summed E-state index contributed by atoms with van der Waals surface area (Å²) >= 11 is 0. The molecule has 0 aliphatic rings. The summed E-state index contributed by atoms with van der Waals surface area (Å²) < 4.78 is 1.99. The van der Waals surface area contributed by atoms with E-state index in [0.29, 0.717) is 5.69 Å². The molecule has 0 aliphatic carbocycles. The molecule has 0 fully saturated rings. The van der Waals surface area contributed by atoms with Crippen LogP contribution in [0.25, 0.3) is 11.0 Å². The van der Waals surface area contributed by atoms with Gasteiger partial charge in [-0.05, 0) is 39.0 Å². The predicted octanol–water partition coefficient (Wildman–Crippen LogP) is 2.37. The second-order valence-electron chi connectivity index (χ2n) is 5.11. The Morgan fingerprint density at radius 2 is 2.16 bits per heavy atom. The highest BCUT2D eigenvalue weighted by molar-refractivity contribution is 5.98. The molecule has 1 aromatic carbocycles. The SMILES string of the molecule is Cc1nc2cc(NC(=O)C(C)(C)C#N)ccc2n1C. The van der Waals surface area contributed by atoms with Gasteiger partial charge in [-0.3, -0.25) is 4.79 Å². The largest absolute Gasteiger partial charge is 0.331 e. The van der Waals surface area contributed by atoms with E-state index in [1.807, 2.05) is 42.8 Å². The van der Waals surface area contributed by atoms with Crippen LogP contribution < -0.4 is 5.32 Å². The molecule has 0 unspecified atom stereocenters. The van der Waals surface area contributed by atoms with Crippen LogP contribution in [0.3, 0.4) is 0 Å². The highest BCUT2D eigenvalue weighted by Crippen LogP contribution is 2.22. The first-order valence-corrected chi connectivity index (χ1v) is 6.01. The van der Waals surface area contributed by atoms with Crippen molar-refractivity contribution in [1.29, 1.82) is 5.26 Å². The van der Waals surface area contributed by atoms with Crippen LogP contribution in [0.4, 0.5) is 5.69 Å². The molecule has 0 bridgehead atoms. The molecule has 1 N–H and O–H groups in total. The van der Waals surface area contributed by atoms with Crippen LogP contribution in [0.1, 0.15) is 19.7 Å². The average molecular weight is 256 g/mol. The van der Waals surface area contributed by atoms with E-state index in [1.165, 1.54) is 0 Å². The zero-order valence-corrected chi connectivity index (χ0v) is 11.5. The number of carbonyl (C=O) groups is 1. The van der Waals surface area contributed by atoms with Crippen molar-refractivity contribution in [3.8, 4) is 6.07 Å². The van der Waals surface area contributed by atoms with E-state index < -0.39 is 5.41 Å². The average Bonchev–Trinajstić information content (AvgIpc) is 2.64. The fourth-order valence-corrected chi connectivity index (χ4v) is 1.74. The van der Waals surface area contributed by atoms with Gasteiger partial charge in [-0.1, -0.05) is 0 Å². The number of nitriles is 1. The van der Waals surface area contributed by atoms with Gasteiger partial charge in [0.05, 0.1) is 17.1 Å². The lowest BCUT2D eigenvalue weighted by Gasteiger charge is -2.14. The second kappa shape index (κ2) is 4.39. The molecule has 2 aromatic rings. The predicted molar refractivity (Wildman–Crippen MR) is 73.5 cm³/mol. The minimum absolute atomic E-state index is 0.318. The number of aromatic nitrogens is 2. The Morgan fingerprint density at radius 3 is 2.79 bits per heavy atom. The molecule has 0 atom stereocenters. The number of nitrogens with zero attached hydrogens (tertiary/aromatic N) is 3. The van der Waals surface area contributed by atoms with Crippen molar-refractivity contribution in [3.05, 3.63) is 24.0 Å². The molecule has 0 saturated carbocycles. The van der Waals surface area contributed by atoms with E-state index in [-0.39, 0.29) is 5.91 Å². The van der Waals surface area contributed by atoms with Gasteiger partial charge < -0.3 is 9.88 Å². The first-order chi connectivity index (χ1) is 8.85. The molecule has 19 heavy (non-hydrogen) atoms. The number of rotatable bonds is 2. The molecular weight excluding hydrogens is 240 g/mol. The smallest absolute Gasteiger partial charge is 0.244 e. The summed E-state index contributed by atoms with van der Waals surface area (Å²) in [5, 5.41) is 11.7. The third kappa shape index (κ3) is 2.29. The Kier molecular flexibility index (Phi) is 3.03. The lowest BCUT2D eigenvalue weighted by atomic mass is 9.94. The van der Waals surface area contributed by atoms with Crippen molar-refractivity contribution in [2.45, 2.75) is 20.8 Å². The molecule has 2 rings (SSSR count). The van der Waals surface area contributed by atoms with Gasteiger partial charge in [0.25, 0.3) is 0 Å². The summed E-state index contributed by atoms with van der Waals surface area (Å²) in [6.07, 6.45) is 0. The van der Waals surface area contributed by atoms with E-state index in [1.54, 1.807) is 13.8 Å². The Balaban J connectivity index is 2.33. The summed E-state index contributed by atoms with van der Waals surface area (Å²) in [5.74, 6) is 0.595. The van der Waals surface area contributed by atoms with Gasteiger partial charge in [0.1, 0.15) is 11.2 Å². The number of imidazole rings is 1. The van der Waals surface area contributed by atoms with Crippen LogP contribution in [0.5, 0.6) is 0 Å². The molecule has 0 saturated heterocycles. The van der Waals surface area contributed by atoms with Crippen LogP contribution in [-0.2, 0) is 11.8 Å². The Labute approximate surface area is 111 Å². The normalized spacial score (nSPS) is 11.3. The third-order valence-electron chi connectivity index (χ3n) is 3.21. The van der Waals surface area contributed by atoms with Gasteiger partial charge >= 0.3 is 0 Å². The number of carbonyl (C=O) groups excluding carboxylic acids is 1. The van der Waals surface area contributed by atoms with Crippen LogP contribution in [0.2, 0.25) is 0 Å². The Bertz CT molecular complexity index is 691. The standard InChI is InChI=1S/C14H16N4O/c1-9-16-11-7-10(5-6-12(11)18(9)4)17-13(19)14(2,3)8-15/h5-7H,1-4H3,(H,17,19). The van der Waals surface area contributed by atoms with Gasteiger partial charge in [0.15, 0.2) is 0 Å². The van der Waals surface area contributed by atoms with Gasteiger partial charge in [0.2, 0.25) is 5.91 Å². The second-order valence-corrected chi connectivity index (χ2v) is 5.11. The minimum atomic E-state index is -1.05. The molecule has 1 heterocycles. The highest BCUT2D eigenvalue weighted by atomic mass is 16.2. The van der Waals surface area contributed by atoms with Crippen LogP contribution in [0.15, 0.2) is 18.2 Å². The van der Waals surface area contributed by atoms with Crippen LogP contribution in [0, 0.1) is 23.7 Å². The maximum absolute atomic E-state index is 11.9.